The van der Waals surface area contributed by atoms with E-state index in [1.165, 1.54) is 18.2 Å². The average molecular weight is 338 g/mol. The molecule has 1 N–H and O–H groups in total. The zero-order valence-corrected chi connectivity index (χ0v) is 13.3. The molecule has 3 rings (SSSR count). The zero-order valence-electron chi connectivity index (χ0n) is 13.3. The van der Waals surface area contributed by atoms with Gasteiger partial charge in [0.2, 0.25) is 0 Å². The van der Waals surface area contributed by atoms with E-state index in [9.17, 15) is 19.7 Å². The fraction of sp³-hybridized carbons (Fsp3) is 0.111. The van der Waals surface area contributed by atoms with Crippen LogP contribution in [0.2, 0.25) is 0 Å². The summed E-state index contributed by atoms with van der Waals surface area (Å²) in [5.41, 5.74) is 0.583. The largest absolute Gasteiger partial charge is 0.417 e. The standard InChI is InChI=1S/C18H14N2O5/c1-2-11-5-3-4-6-15(11)19-17(21)16-9-12-7-8-13(20(23)24)10-14(12)18(22)25-16/h3-10H,2H2,1H3,(H,19,21). The van der Waals surface area contributed by atoms with Crippen molar-refractivity contribution in [2.75, 3.05) is 5.32 Å². The molecule has 0 aliphatic heterocycles. The fourth-order valence-electron chi connectivity index (χ4n) is 2.53. The lowest BCUT2D eigenvalue weighted by Crippen LogP contribution is -2.16. The van der Waals surface area contributed by atoms with Crippen molar-refractivity contribution >= 4 is 28.1 Å². The van der Waals surface area contributed by atoms with E-state index in [1.54, 1.807) is 12.1 Å². The number of fused-ring (bicyclic) bond motifs is 1. The maximum Gasteiger partial charge on any atom is 0.344 e. The van der Waals surface area contributed by atoms with Gasteiger partial charge in [0.1, 0.15) is 0 Å². The number of nitro groups is 1. The number of rotatable bonds is 4. The monoisotopic (exact) mass is 338 g/mol. The van der Waals surface area contributed by atoms with Crippen LogP contribution in [-0.2, 0) is 6.42 Å². The van der Waals surface area contributed by atoms with E-state index in [4.69, 9.17) is 4.42 Å². The molecule has 126 valence electrons. The van der Waals surface area contributed by atoms with Crippen molar-refractivity contribution < 1.29 is 14.1 Å². The Morgan fingerprint density at radius 3 is 2.68 bits per heavy atom. The Balaban J connectivity index is 1.98. The van der Waals surface area contributed by atoms with Crippen molar-refractivity contribution in [3.8, 4) is 0 Å². The second-order valence-corrected chi connectivity index (χ2v) is 5.39. The SMILES string of the molecule is CCc1ccccc1NC(=O)c1cc2ccc([N+](=O)[O-])cc2c(=O)o1. The molecule has 0 spiro atoms. The summed E-state index contributed by atoms with van der Waals surface area (Å²) in [5, 5.41) is 14.0. The molecule has 2 aromatic carbocycles. The Morgan fingerprint density at radius 1 is 1.20 bits per heavy atom. The molecule has 0 saturated heterocycles. The van der Waals surface area contributed by atoms with E-state index in [0.717, 1.165) is 18.1 Å². The van der Waals surface area contributed by atoms with Crippen molar-refractivity contribution in [3.05, 3.63) is 80.4 Å². The summed E-state index contributed by atoms with van der Waals surface area (Å²) < 4.78 is 5.04. The maximum absolute atomic E-state index is 12.4. The molecule has 0 unspecified atom stereocenters. The topological polar surface area (TPSA) is 102 Å². The van der Waals surface area contributed by atoms with Crippen LogP contribution in [0.3, 0.4) is 0 Å². The first-order valence-electron chi connectivity index (χ1n) is 7.61. The number of anilines is 1. The molecule has 0 bridgehead atoms. The smallest absolute Gasteiger partial charge is 0.344 e. The van der Waals surface area contributed by atoms with Crippen LogP contribution in [0.4, 0.5) is 11.4 Å². The number of hydrogen-bond acceptors (Lipinski definition) is 5. The van der Waals surface area contributed by atoms with Gasteiger partial charge < -0.3 is 9.73 Å². The number of nitro benzene ring substituents is 1. The van der Waals surface area contributed by atoms with Crippen LogP contribution in [-0.4, -0.2) is 10.8 Å². The van der Waals surface area contributed by atoms with E-state index in [2.05, 4.69) is 5.32 Å². The summed E-state index contributed by atoms with van der Waals surface area (Å²) >= 11 is 0. The predicted molar refractivity (Wildman–Crippen MR) is 92.9 cm³/mol. The predicted octanol–water partition coefficient (Wildman–Crippen LogP) is 3.52. The number of aryl methyl sites for hydroxylation is 1. The van der Waals surface area contributed by atoms with E-state index >= 15 is 0 Å². The highest BCUT2D eigenvalue weighted by Crippen LogP contribution is 2.21. The maximum atomic E-state index is 12.4. The summed E-state index contributed by atoms with van der Waals surface area (Å²) in [6.07, 6.45) is 0.738. The number of amides is 1. The Morgan fingerprint density at radius 2 is 1.96 bits per heavy atom. The molecule has 0 saturated carbocycles. The molecule has 0 radical (unpaired) electrons. The Hall–Kier alpha value is -3.48. The van der Waals surface area contributed by atoms with Crippen molar-refractivity contribution in [1.82, 2.24) is 0 Å². The highest BCUT2D eigenvalue weighted by atomic mass is 16.6. The van der Waals surface area contributed by atoms with Crippen LogP contribution in [0.25, 0.3) is 10.8 Å². The van der Waals surface area contributed by atoms with Crippen LogP contribution in [0.1, 0.15) is 23.0 Å². The van der Waals surface area contributed by atoms with Crippen LogP contribution >= 0.6 is 0 Å². The quantitative estimate of drug-likeness (QED) is 0.579. The van der Waals surface area contributed by atoms with Crippen LogP contribution in [0.5, 0.6) is 0 Å². The molecule has 7 nitrogen and oxygen atoms in total. The van der Waals surface area contributed by atoms with Crippen molar-refractivity contribution in [3.63, 3.8) is 0 Å². The molecule has 7 heteroatoms. The highest BCUT2D eigenvalue weighted by Gasteiger charge is 2.16. The molecule has 1 heterocycles. The minimum absolute atomic E-state index is 0.0553. The third kappa shape index (κ3) is 3.25. The molecular weight excluding hydrogens is 324 g/mol. The van der Waals surface area contributed by atoms with Crippen molar-refractivity contribution in [1.29, 1.82) is 0 Å². The molecule has 25 heavy (non-hydrogen) atoms. The molecule has 1 amide bonds. The molecule has 0 atom stereocenters. The van der Waals surface area contributed by atoms with Crippen LogP contribution in [0, 0.1) is 10.1 Å². The van der Waals surface area contributed by atoms with Gasteiger partial charge in [0.15, 0.2) is 5.76 Å². The van der Waals surface area contributed by atoms with Crippen molar-refractivity contribution in [2.24, 2.45) is 0 Å². The van der Waals surface area contributed by atoms with Crippen LogP contribution in [0.15, 0.2) is 57.7 Å². The lowest BCUT2D eigenvalue weighted by Gasteiger charge is -2.09. The number of non-ortho nitro benzene ring substituents is 1. The number of benzene rings is 2. The second-order valence-electron chi connectivity index (χ2n) is 5.39. The summed E-state index contributed by atoms with van der Waals surface area (Å²) in [7, 11) is 0. The van der Waals surface area contributed by atoms with E-state index < -0.39 is 16.5 Å². The fourth-order valence-corrected chi connectivity index (χ4v) is 2.53. The molecule has 0 aliphatic carbocycles. The third-order valence-electron chi connectivity index (χ3n) is 3.83. The Labute approximate surface area is 142 Å². The normalized spacial score (nSPS) is 10.6. The lowest BCUT2D eigenvalue weighted by atomic mass is 10.1. The molecule has 0 aliphatic rings. The minimum atomic E-state index is -0.796. The van der Waals surface area contributed by atoms with E-state index in [-0.39, 0.29) is 16.8 Å². The van der Waals surface area contributed by atoms with Gasteiger partial charge in [-0.3, -0.25) is 14.9 Å². The summed E-state index contributed by atoms with van der Waals surface area (Å²) in [4.78, 5) is 34.7. The number of carbonyl (C=O) groups is 1. The molecule has 0 fully saturated rings. The van der Waals surface area contributed by atoms with Gasteiger partial charge in [0.05, 0.1) is 10.3 Å². The van der Waals surface area contributed by atoms with Crippen LogP contribution < -0.4 is 10.9 Å². The average Bonchev–Trinajstić information content (AvgIpc) is 2.61. The summed E-state index contributed by atoms with van der Waals surface area (Å²) in [6, 6.07) is 12.5. The first-order chi connectivity index (χ1) is 12.0. The number of nitrogens with zero attached hydrogens (tertiary/aromatic N) is 1. The first-order valence-corrected chi connectivity index (χ1v) is 7.61. The van der Waals surface area contributed by atoms with E-state index in [0.29, 0.717) is 11.1 Å². The second kappa shape index (κ2) is 6.56. The van der Waals surface area contributed by atoms with Gasteiger partial charge >= 0.3 is 5.63 Å². The molecule has 3 aromatic rings. The number of para-hydroxylation sites is 1. The number of hydrogen-bond donors (Lipinski definition) is 1. The lowest BCUT2D eigenvalue weighted by molar-refractivity contribution is -0.384. The third-order valence-corrected chi connectivity index (χ3v) is 3.83. The highest BCUT2D eigenvalue weighted by molar-refractivity contribution is 6.04. The van der Waals surface area contributed by atoms with Gasteiger partial charge in [0, 0.05) is 17.8 Å². The van der Waals surface area contributed by atoms with Crippen molar-refractivity contribution in [2.45, 2.75) is 13.3 Å². The Kier molecular flexibility index (Phi) is 4.30. The molecule has 1 aromatic heterocycles. The van der Waals surface area contributed by atoms with E-state index in [1.807, 2.05) is 19.1 Å². The van der Waals surface area contributed by atoms with Gasteiger partial charge in [-0.25, -0.2) is 4.79 Å². The number of carbonyl (C=O) groups excluding carboxylic acids is 1. The number of nitrogens with one attached hydrogen (secondary N) is 1. The van der Waals surface area contributed by atoms with Gasteiger partial charge in [-0.15, -0.1) is 0 Å². The first kappa shape index (κ1) is 16.4. The summed E-state index contributed by atoms with van der Waals surface area (Å²) in [6.45, 7) is 1.97. The van der Waals surface area contributed by atoms with Gasteiger partial charge in [0.25, 0.3) is 11.6 Å². The summed E-state index contributed by atoms with van der Waals surface area (Å²) in [5.74, 6) is -0.712. The minimum Gasteiger partial charge on any atom is -0.417 e. The Bertz CT molecular complexity index is 1040. The van der Waals surface area contributed by atoms with Gasteiger partial charge in [-0.2, -0.15) is 0 Å². The van der Waals surface area contributed by atoms with Gasteiger partial charge in [-0.05, 0) is 35.6 Å². The van der Waals surface area contributed by atoms with Gasteiger partial charge in [-0.1, -0.05) is 25.1 Å². The molecular formula is C18H14N2O5. The zero-order chi connectivity index (χ0) is 18.0.